The molecule has 13 nitrogen and oxygen atoms in total. The van der Waals surface area contributed by atoms with Crippen molar-refractivity contribution in [2.75, 3.05) is 33.5 Å². The molecule has 0 heterocycles. The van der Waals surface area contributed by atoms with Gasteiger partial charge in [0.15, 0.2) is 11.5 Å². The van der Waals surface area contributed by atoms with E-state index in [2.05, 4.69) is 23.4 Å². The van der Waals surface area contributed by atoms with Crippen LogP contribution in [0, 0.1) is 0 Å². The van der Waals surface area contributed by atoms with Gasteiger partial charge in [-0.1, -0.05) is 37.4 Å². The van der Waals surface area contributed by atoms with E-state index >= 15 is 0 Å². The zero-order valence-corrected chi connectivity index (χ0v) is 34.2. The minimum atomic E-state index is -0.583. The number of carbonyl (C=O) groups is 4. The molecule has 0 fully saturated rings. The summed E-state index contributed by atoms with van der Waals surface area (Å²) in [6, 6.07) is 26.4. The van der Waals surface area contributed by atoms with Gasteiger partial charge in [-0.05, 0) is 128 Å². The van der Waals surface area contributed by atoms with Gasteiger partial charge in [0.25, 0.3) is 0 Å². The lowest BCUT2D eigenvalue weighted by atomic mass is 10.1. The van der Waals surface area contributed by atoms with Crippen molar-refractivity contribution in [3.8, 4) is 28.7 Å². The van der Waals surface area contributed by atoms with Gasteiger partial charge < -0.3 is 33.2 Å². The van der Waals surface area contributed by atoms with Crippen LogP contribution in [-0.2, 0) is 28.7 Å². The van der Waals surface area contributed by atoms with E-state index < -0.39 is 23.9 Å². The van der Waals surface area contributed by atoms with Crippen molar-refractivity contribution in [1.82, 2.24) is 0 Å². The Hall–Kier alpha value is -7.54. The fourth-order valence-electron chi connectivity index (χ4n) is 5.06. The number of carbonyl (C=O) groups excluding carboxylic acids is 4. The molecular weight excluding hydrogens is 781 g/mol. The summed E-state index contributed by atoms with van der Waals surface area (Å²) in [5, 5.41) is 8.48. The number of hydrogen-bond acceptors (Lipinski definition) is 13. The van der Waals surface area contributed by atoms with Gasteiger partial charge >= 0.3 is 23.9 Å². The Morgan fingerprint density at radius 3 is 1.54 bits per heavy atom. The van der Waals surface area contributed by atoms with Gasteiger partial charge in [-0.3, -0.25) is 0 Å². The van der Waals surface area contributed by atoms with E-state index in [0.29, 0.717) is 73.5 Å². The summed E-state index contributed by atoms with van der Waals surface area (Å²) in [6.45, 7) is 10.1. The lowest BCUT2D eigenvalue weighted by Gasteiger charge is -2.10. The topological polar surface area (TPSA) is 158 Å². The first-order valence-corrected chi connectivity index (χ1v) is 19.4. The lowest BCUT2D eigenvalue weighted by molar-refractivity contribution is -0.138. The van der Waals surface area contributed by atoms with Crippen LogP contribution in [0.2, 0.25) is 0 Å². The van der Waals surface area contributed by atoms with Crippen LogP contribution in [0.15, 0.2) is 139 Å². The zero-order chi connectivity index (χ0) is 43.7. The zero-order valence-electron chi connectivity index (χ0n) is 34.2. The standard InChI is InChI=1S/C48H48N2O11/c1-5-45(51)58-31-9-7-29-56-40-20-11-36(12-21-40)17-27-47(53)60-42-24-15-38(16-25-42)34-49-50-35(3)39-19-26-43(44(33-39)55-4)61-48(54)28-18-37-13-22-41(23-14-37)57-30-8-10-32-59-46(52)6-2/h5-6,11-28,33-34H,1-2,7-10,29-32H2,3-4H3. The summed E-state index contributed by atoms with van der Waals surface area (Å²) in [5.74, 6) is 0.335. The summed E-state index contributed by atoms with van der Waals surface area (Å²) >= 11 is 0. The third-order valence-electron chi connectivity index (χ3n) is 8.33. The van der Waals surface area contributed by atoms with E-state index in [1.165, 1.54) is 19.3 Å². The number of ether oxygens (including phenoxy) is 7. The lowest BCUT2D eigenvalue weighted by Crippen LogP contribution is -2.06. The summed E-state index contributed by atoms with van der Waals surface area (Å²) in [6.07, 6.45) is 12.6. The molecule has 0 radical (unpaired) electrons. The summed E-state index contributed by atoms with van der Waals surface area (Å²) in [5.41, 5.74) is 3.61. The van der Waals surface area contributed by atoms with E-state index in [1.807, 2.05) is 36.4 Å². The third-order valence-corrected chi connectivity index (χ3v) is 8.33. The quantitative estimate of drug-likeness (QED) is 0.0166. The predicted molar refractivity (Wildman–Crippen MR) is 233 cm³/mol. The molecule has 0 atom stereocenters. The number of methoxy groups -OCH3 is 1. The first-order valence-electron chi connectivity index (χ1n) is 19.4. The normalized spacial score (nSPS) is 11.3. The van der Waals surface area contributed by atoms with Crippen molar-refractivity contribution in [3.05, 3.63) is 151 Å². The minimum absolute atomic E-state index is 0.242. The highest BCUT2D eigenvalue weighted by molar-refractivity contribution is 6.00. The van der Waals surface area contributed by atoms with Crippen molar-refractivity contribution < 1.29 is 52.3 Å². The molecule has 0 aromatic heterocycles. The molecule has 0 N–H and O–H groups in total. The first-order chi connectivity index (χ1) is 29.6. The minimum Gasteiger partial charge on any atom is -0.494 e. The third kappa shape index (κ3) is 17.5. The molecule has 0 saturated carbocycles. The molecule has 0 bridgehead atoms. The molecule has 0 spiro atoms. The highest BCUT2D eigenvalue weighted by Crippen LogP contribution is 2.29. The van der Waals surface area contributed by atoms with Gasteiger partial charge in [-0.2, -0.15) is 10.2 Å². The van der Waals surface area contributed by atoms with Crippen molar-refractivity contribution in [2.24, 2.45) is 10.2 Å². The maximum Gasteiger partial charge on any atom is 0.336 e. The van der Waals surface area contributed by atoms with Crippen LogP contribution < -0.4 is 23.7 Å². The summed E-state index contributed by atoms with van der Waals surface area (Å²) < 4.78 is 37.7. The average Bonchev–Trinajstić information content (AvgIpc) is 3.28. The van der Waals surface area contributed by atoms with Crippen LogP contribution in [0.5, 0.6) is 28.7 Å². The van der Waals surface area contributed by atoms with E-state index in [9.17, 15) is 19.2 Å². The smallest absolute Gasteiger partial charge is 0.336 e. The highest BCUT2D eigenvalue weighted by Gasteiger charge is 2.11. The summed E-state index contributed by atoms with van der Waals surface area (Å²) in [4.78, 5) is 47.2. The van der Waals surface area contributed by atoms with E-state index in [4.69, 9.17) is 33.2 Å². The van der Waals surface area contributed by atoms with Crippen LogP contribution in [0.1, 0.15) is 54.9 Å². The molecule has 4 aromatic rings. The van der Waals surface area contributed by atoms with Gasteiger partial charge in [0.1, 0.15) is 17.2 Å². The molecular formula is C48H48N2O11. The molecule has 0 unspecified atom stereocenters. The number of esters is 4. The number of nitrogens with zero attached hydrogens (tertiary/aromatic N) is 2. The number of rotatable bonds is 24. The molecule has 0 aliphatic carbocycles. The Labute approximate surface area is 355 Å². The van der Waals surface area contributed by atoms with Gasteiger partial charge in [0, 0.05) is 29.9 Å². The van der Waals surface area contributed by atoms with Crippen LogP contribution >= 0.6 is 0 Å². The van der Waals surface area contributed by atoms with Crippen LogP contribution in [-0.4, -0.2) is 69.3 Å². The molecule has 4 aromatic carbocycles. The molecule has 13 heteroatoms. The second-order valence-corrected chi connectivity index (χ2v) is 12.9. The summed E-state index contributed by atoms with van der Waals surface area (Å²) in [7, 11) is 1.48. The fourth-order valence-corrected chi connectivity index (χ4v) is 5.06. The monoisotopic (exact) mass is 828 g/mol. The van der Waals surface area contributed by atoms with E-state index in [0.717, 1.165) is 41.7 Å². The van der Waals surface area contributed by atoms with E-state index in [1.54, 1.807) is 79.9 Å². The molecule has 0 saturated heterocycles. The molecule has 0 amide bonds. The maximum absolute atomic E-state index is 12.6. The van der Waals surface area contributed by atoms with Gasteiger partial charge in [-0.25, -0.2) is 19.2 Å². The SMILES string of the molecule is C=CC(=O)OCCCCOc1ccc(C=CC(=O)Oc2ccc(C=NN=C(C)c3ccc(OC(=O)C=Cc4ccc(OCCCCOC(=O)C=C)cc4)c(OC)c3)cc2)cc1. The second kappa shape index (κ2) is 25.7. The van der Waals surface area contributed by atoms with E-state index in [-0.39, 0.29) is 5.75 Å². The predicted octanol–water partition coefficient (Wildman–Crippen LogP) is 8.55. The number of benzene rings is 4. The largest absolute Gasteiger partial charge is 0.494 e. The van der Waals surface area contributed by atoms with Crippen LogP contribution in [0.3, 0.4) is 0 Å². The van der Waals surface area contributed by atoms with Gasteiger partial charge in [0.2, 0.25) is 0 Å². The van der Waals surface area contributed by atoms with Gasteiger partial charge in [0.05, 0.1) is 45.5 Å². The molecule has 0 aliphatic heterocycles. The molecule has 61 heavy (non-hydrogen) atoms. The van der Waals surface area contributed by atoms with Crippen molar-refractivity contribution in [1.29, 1.82) is 0 Å². The number of hydrogen-bond donors (Lipinski definition) is 0. The highest BCUT2D eigenvalue weighted by atomic mass is 16.6. The molecule has 0 aliphatic rings. The number of unbranched alkanes of at least 4 members (excludes halogenated alkanes) is 2. The maximum atomic E-state index is 12.6. The van der Waals surface area contributed by atoms with Crippen LogP contribution in [0.25, 0.3) is 12.2 Å². The van der Waals surface area contributed by atoms with Gasteiger partial charge in [-0.15, -0.1) is 0 Å². The van der Waals surface area contributed by atoms with Crippen molar-refractivity contribution in [3.63, 3.8) is 0 Å². The van der Waals surface area contributed by atoms with Crippen molar-refractivity contribution >= 4 is 48.0 Å². The Morgan fingerprint density at radius 2 is 1.03 bits per heavy atom. The van der Waals surface area contributed by atoms with Crippen LogP contribution in [0.4, 0.5) is 0 Å². The first kappa shape index (κ1) is 46.2. The average molecular weight is 829 g/mol. The fraction of sp³-hybridized carbons (Fsp3) is 0.208. The molecule has 4 rings (SSSR count). The Balaban J connectivity index is 1.19. The van der Waals surface area contributed by atoms with Crippen molar-refractivity contribution in [2.45, 2.75) is 32.6 Å². The Kier molecular flexibility index (Phi) is 19.5. The Bertz CT molecular complexity index is 2210. The second-order valence-electron chi connectivity index (χ2n) is 12.9. The molecule has 316 valence electrons. The Morgan fingerprint density at radius 1 is 0.557 bits per heavy atom.